The first-order chi connectivity index (χ1) is 22.7. The van der Waals surface area contributed by atoms with E-state index in [4.69, 9.17) is 37.9 Å². The summed E-state index contributed by atoms with van der Waals surface area (Å²) in [6.45, 7) is 8.79. The number of rotatable bonds is 10. The van der Waals surface area contributed by atoms with E-state index in [0.29, 0.717) is 0 Å². The van der Waals surface area contributed by atoms with Crippen LogP contribution in [0.3, 0.4) is 0 Å². The molecular weight excluding hydrogens is 662 g/mol. The van der Waals surface area contributed by atoms with Gasteiger partial charge < -0.3 is 89.2 Å². The number of hydrogen-bond donors (Lipinski definition) is 10. The van der Waals surface area contributed by atoms with Crippen LogP contribution >= 0.6 is 0 Å². The highest BCUT2D eigenvalue weighted by Gasteiger charge is 2.54. The number of carbonyl (C=O) groups is 1. The molecule has 8 unspecified atom stereocenters. The molecule has 0 saturated carbocycles. The predicted molar refractivity (Wildman–Crippen MR) is 160 cm³/mol. The molecule has 0 bridgehead atoms. The van der Waals surface area contributed by atoms with Crippen LogP contribution in [0.4, 0.5) is 0 Å². The van der Waals surface area contributed by atoms with Crippen molar-refractivity contribution in [2.24, 2.45) is 0 Å². The van der Waals surface area contributed by atoms with Crippen molar-refractivity contribution >= 4 is 5.91 Å². The largest absolute Gasteiger partial charge is 0.390 e. The van der Waals surface area contributed by atoms with Gasteiger partial charge >= 0.3 is 0 Å². The van der Waals surface area contributed by atoms with Gasteiger partial charge in [-0.05, 0) is 41.5 Å². The Bertz CT molecular complexity index is 1080. The molecule has 4 aliphatic heterocycles. The summed E-state index contributed by atoms with van der Waals surface area (Å²) in [5, 5.41) is 99.0. The van der Waals surface area contributed by atoms with Crippen molar-refractivity contribution in [2.75, 3.05) is 7.11 Å². The van der Waals surface area contributed by atoms with Crippen molar-refractivity contribution in [3.05, 3.63) is 0 Å². The number of methoxy groups -OCH3 is 1. The number of nitrogens with one attached hydrogen (secondary N) is 1. The molecule has 0 aromatic heterocycles. The lowest BCUT2D eigenvalue weighted by Crippen LogP contribution is -2.67. The summed E-state index contributed by atoms with van der Waals surface area (Å²) in [5.41, 5.74) is -1.30. The first-order valence-electron chi connectivity index (χ1n) is 16.3. The minimum atomic E-state index is -1.81. The lowest BCUT2D eigenvalue weighted by molar-refractivity contribution is -0.385. The Morgan fingerprint density at radius 1 is 0.592 bits per heavy atom. The molecule has 4 fully saturated rings. The van der Waals surface area contributed by atoms with E-state index in [0.717, 1.165) is 0 Å². The quantitative estimate of drug-likeness (QED) is 0.102. The zero-order valence-electron chi connectivity index (χ0n) is 28.5. The zero-order valence-corrected chi connectivity index (χ0v) is 28.5. The molecule has 49 heavy (non-hydrogen) atoms. The highest BCUT2D eigenvalue weighted by Crippen LogP contribution is 2.34. The molecule has 4 rings (SSSR count). The minimum Gasteiger partial charge on any atom is -0.390 e. The van der Waals surface area contributed by atoms with Crippen LogP contribution in [0.2, 0.25) is 0 Å². The van der Waals surface area contributed by atoms with Gasteiger partial charge in [-0.15, -0.1) is 0 Å². The molecule has 0 aromatic rings. The second-order valence-corrected chi connectivity index (χ2v) is 13.9. The zero-order chi connectivity index (χ0) is 36.7. The maximum Gasteiger partial charge on any atom is 0.223 e. The summed E-state index contributed by atoms with van der Waals surface area (Å²) in [6.07, 6.45) is -27.4. The molecule has 19 heteroatoms. The van der Waals surface area contributed by atoms with Crippen molar-refractivity contribution in [1.82, 2.24) is 5.32 Å². The van der Waals surface area contributed by atoms with Crippen LogP contribution in [0.15, 0.2) is 0 Å². The van der Waals surface area contributed by atoms with Gasteiger partial charge in [-0.3, -0.25) is 4.79 Å². The Labute approximate surface area is 283 Å². The number of carbonyl (C=O) groups excluding carboxylic acids is 1. The summed E-state index contributed by atoms with van der Waals surface area (Å²) >= 11 is 0. The van der Waals surface area contributed by atoms with Crippen LogP contribution in [-0.2, 0) is 42.7 Å². The molecule has 10 N–H and O–H groups in total. The number of ether oxygens (including phenoxy) is 8. The van der Waals surface area contributed by atoms with Gasteiger partial charge in [-0.25, -0.2) is 0 Å². The summed E-state index contributed by atoms with van der Waals surface area (Å²) in [6, 6.07) is -0.970. The van der Waals surface area contributed by atoms with E-state index in [1.165, 1.54) is 41.7 Å². The molecule has 4 aliphatic rings. The molecule has 286 valence electrons. The van der Waals surface area contributed by atoms with Gasteiger partial charge in [-0.2, -0.15) is 0 Å². The molecule has 19 nitrogen and oxygen atoms in total. The summed E-state index contributed by atoms with van der Waals surface area (Å²) in [7, 11) is 1.26. The average molecular weight is 716 g/mol. The number of aliphatic hydroxyl groups is 9. The van der Waals surface area contributed by atoms with Crippen LogP contribution in [0, 0.1) is 0 Å². The van der Waals surface area contributed by atoms with Gasteiger partial charge in [-0.1, -0.05) is 0 Å². The Morgan fingerprint density at radius 3 is 1.53 bits per heavy atom. The third kappa shape index (κ3) is 9.06. The van der Waals surface area contributed by atoms with Crippen LogP contribution in [-0.4, -0.2) is 187 Å². The van der Waals surface area contributed by atoms with Crippen molar-refractivity contribution in [2.45, 2.75) is 176 Å². The highest BCUT2D eigenvalue weighted by molar-refractivity contribution is 5.77. The van der Waals surface area contributed by atoms with Gasteiger partial charge in [0.25, 0.3) is 0 Å². The fraction of sp³-hybridized carbons (Fsp3) is 0.967. The fourth-order valence-corrected chi connectivity index (χ4v) is 6.38. The number of amides is 1. The summed E-state index contributed by atoms with van der Waals surface area (Å²) in [4.78, 5) is 12.5. The minimum absolute atomic E-state index is 0.246. The molecule has 4 heterocycles. The van der Waals surface area contributed by atoms with E-state index < -0.39 is 134 Å². The summed E-state index contributed by atoms with van der Waals surface area (Å²) < 4.78 is 45.2. The maximum absolute atomic E-state index is 12.5. The molecule has 0 aromatic carbocycles. The smallest absolute Gasteiger partial charge is 0.223 e. The molecular formula is C30H53NO18. The number of hydrogen-bond acceptors (Lipinski definition) is 18. The van der Waals surface area contributed by atoms with Gasteiger partial charge in [0.1, 0.15) is 67.1 Å². The van der Waals surface area contributed by atoms with Crippen molar-refractivity contribution < 1.29 is 88.6 Å². The Balaban J connectivity index is 1.46. The maximum atomic E-state index is 12.5. The first kappa shape index (κ1) is 40.6. The normalized spacial score (nSPS) is 49.8. The van der Waals surface area contributed by atoms with Gasteiger partial charge in [0.05, 0.1) is 42.5 Å². The molecule has 4 saturated heterocycles. The Morgan fingerprint density at radius 2 is 1.04 bits per heavy atom. The van der Waals surface area contributed by atoms with E-state index in [-0.39, 0.29) is 6.42 Å². The lowest BCUT2D eigenvalue weighted by Gasteiger charge is -2.49. The Kier molecular flexibility index (Phi) is 13.4. The lowest BCUT2D eigenvalue weighted by atomic mass is 9.94. The van der Waals surface area contributed by atoms with Crippen LogP contribution in [0.25, 0.3) is 0 Å². The van der Waals surface area contributed by atoms with E-state index >= 15 is 0 Å². The van der Waals surface area contributed by atoms with Crippen LogP contribution in [0.1, 0.15) is 48.0 Å². The van der Waals surface area contributed by atoms with E-state index in [1.54, 1.807) is 6.92 Å². The summed E-state index contributed by atoms with van der Waals surface area (Å²) in [5.74, 6) is -0.545. The first-order valence-corrected chi connectivity index (χ1v) is 16.3. The monoisotopic (exact) mass is 715 g/mol. The second-order valence-electron chi connectivity index (χ2n) is 13.9. The van der Waals surface area contributed by atoms with E-state index in [1.807, 2.05) is 0 Å². The molecule has 0 aliphatic carbocycles. The van der Waals surface area contributed by atoms with Crippen molar-refractivity contribution in [3.63, 3.8) is 0 Å². The molecule has 1 amide bonds. The third-order valence-electron chi connectivity index (χ3n) is 9.26. The van der Waals surface area contributed by atoms with Gasteiger partial charge in [0, 0.05) is 7.11 Å². The van der Waals surface area contributed by atoms with Crippen molar-refractivity contribution in [3.8, 4) is 0 Å². The van der Waals surface area contributed by atoms with Crippen LogP contribution < -0.4 is 5.32 Å². The Hall–Kier alpha value is -1.21. The average Bonchev–Trinajstić information content (AvgIpc) is 3.00. The standard InChI is InChI=1S/C30H53NO18/c1-9-14(31-13(32)8-30(5,6)41)18(36)25(42-7)29(44-9)48-23-17(35)12(4)45-27(21(23)39)47-22-16(34)11(3)46-28(20(22)38)49-24-19(37)15(33)10(2)43-26(24)40/h9-12,14-29,33-41H,8H2,1-7H3,(H,31,32)/t9?,10?,11?,12?,14-,15-,16-,17-,18-,19+,20?,21?,22+,23+,24?,25?,26+,27-,28-,29-/m0/s1. The van der Waals surface area contributed by atoms with E-state index in [2.05, 4.69) is 5.32 Å². The van der Waals surface area contributed by atoms with Crippen LogP contribution in [0.5, 0.6) is 0 Å². The van der Waals surface area contributed by atoms with Gasteiger partial charge in [0.2, 0.25) is 5.91 Å². The molecule has 0 spiro atoms. The molecule has 0 radical (unpaired) electrons. The fourth-order valence-electron chi connectivity index (χ4n) is 6.38. The van der Waals surface area contributed by atoms with Crippen molar-refractivity contribution in [1.29, 1.82) is 0 Å². The topological polar surface area (TPSA) is 285 Å². The third-order valence-corrected chi connectivity index (χ3v) is 9.26. The van der Waals surface area contributed by atoms with Gasteiger partial charge in [0.15, 0.2) is 25.2 Å². The molecule has 20 atom stereocenters. The predicted octanol–water partition coefficient (Wildman–Crippen LogP) is -4.70. The second kappa shape index (κ2) is 16.2. The highest BCUT2D eigenvalue weighted by atomic mass is 16.8. The SMILES string of the molecule is COC1[C@H](O[C@H]2C(O)[C@H](O[C@H]3C(O)[C@H](OC4[C@H](O)OC(C)[C@H](O)[C@H]4O)OC(C)[C@@H]3O)OC(C)[C@@H]2O)OC(C)[C@H](NC(=O)CC(C)(C)O)[C@@H]1O. The number of aliphatic hydroxyl groups excluding tert-OH is 8. The van der Waals surface area contributed by atoms with E-state index in [9.17, 15) is 50.8 Å².